The molecule has 0 radical (unpaired) electrons. The van der Waals surface area contributed by atoms with Crippen LogP contribution < -0.4 is 5.32 Å². The van der Waals surface area contributed by atoms with Gasteiger partial charge in [-0.05, 0) is 49.6 Å². The lowest BCUT2D eigenvalue weighted by Crippen LogP contribution is -2.26. The second-order valence-electron chi connectivity index (χ2n) is 5.83. The summed E-state index contributed by atoms with van der Waals surface area (Å²) in [5.74, 6) is 1.95. The minimum absolute atomic E-state index is 0.482. The zero-order chi connectivity index (χ0) is 9.90. The van der Waals surface area contributed by atoms with Crippen molar-refractivity contribution in [2.24, 2.45) is 17.3 Å². The van der Waals surface area contributed by atoms with Crippen LogP contribution >= 0.6 is 0 Å². The molecule has 0 aromatic heterocycles. The van der Waals surface area contributed by atoms with E-state index in [1.54, 1.807) is 0 Å². The molecular formula is C12H25N. The highest BCUT2D eigenvalue weighted by Gasteiger charge is 2.27. The fourth-order valence-electron chi connectivity index (χ4n) is 1.63. The van der Waals surface area contributed by atoms with Crippen molar-refractivity contribution in [2.75, 3.05) is 13.1 Å². The molecule has 1 N–H and O–H groups in total. The summed E-state index contributed by atoms with van der Waals surface area (Å²) in [5.41, 5.74) is 0.482. The van der Waals surface area contributed by atoms with Gasteiger partial charge >= 0.3 is 0 Å². The third-order valence-electron chi connectivity index (χ3n) is 2.94. The number of nitrogens with one attached hydrogen (secondary N) is 1. The highest BCUT2D eigenvalue weighted by molar-refractivity contribution is 4.79. The van der Waals surface area contributed by atoms with E-state index in [2.05, 4.69) is 33.0 Å². The first kappa shape index (κ1) is 11.0. The molecule has 0 aromatic rings. The molecule has 78 valence electrons. The molecular weight excluding hydrogens is 158 g/mol. The van der Waals surface area contributed by atoms with E-state index in [4.69, 9.17) is 0 Å². The fourth-order valence-corrected chi connectivity index (χ4v) is 1.63. The van der Waals surface area contributed by atoms with Crippen LogP contribution in [0.25, 0.3) is 0 Å². The first-order valence-corrected chi connectivity index (χ1v) is 5.70. The van der Waals surface area contributed by atoms with Gasteiger partial charge in [0.05, 0.1) is 0 Å². The summed E-state index contributed by atoms with van der Waals surface area (Å²) in [5, 5.41) is 3.56. The highest BCUT2D eigenvalue weighted by atomic mass is 14.9. The van der Waals surface area contributed by atoms with Crippen molar-refractivity contribution in [1.82, 2.24) is 5.32 Å². The Balaban J connectivity index is 1.94. The Morgan fingerprint density at radius 3 is 2.38 bits per heavy atom. The smallest absolute Gasteiger partial charge is 0.00205 e. The molecule has 0 aliphatic heterocycles. The van der Waals surface area contributed by atoms with Crippen LogP contribution in [0, 0.1) is 17.3 Å². The van der Waals surface area contributed by atoms with E-state index < -0.39 is 0 Å². The van der Waals surface area contributed by atoms with Gasteiger partial charge in [-0.15, -0.1) is 0 Å². The van der Waals surface area contributed by atoms with Crippen molar-refractivity contribution in [3.8, 4) is 0 Å². The topological polar surface area (TPSA) is 12.0 Å². The molecule has 1 aliphatic carbocycles. The predicted octanol–water partition coefficient (Wildman–Crippen LogP) is 3.06. The van der Waals surface area contributed by atoms with Gasteiger partial charge in [0.25, 0.3) is 0 Å². The van der Waals surface area contributed by atoms with Crippen LogP contribution in [0.15, 0.2) is 0 Å². The van der Waals surface area contributed by atoms with Crippen molar-refractivity contribution in [3.05, 3.63) is 0 Å². The molecule has 1 atom stereocenters. The summed E-state index contributed by atoms with van der Waals surface area (Å²) >= 11 is 0. The molecule has 0 amide bonds. The first-order valence-electron chi connectivity index (χ1n) is 5.70. The number of rotatable bonds is 5. The first-order chi connectivity index (χ1) is 5.99. The maximum absolute atomic E-state index is 3.56. The second-order valence-corrected chi connectivity index (χ2v) is 5.83. The maximum Gasteiger partial charge on any atom is -0.00205 e. The van der Waals surface area contributed by atoms with Gasteiger partial charge in [0, 0.05) is 0 Å². The Morgan fingerprint density at radius 2 is 1.92 bits per heavy atom. The Bertz CT molecular complexity index is 142. The third kappa shape index (κ3) is 5.30. The van der Waals surface area contributed by atoms with Crippen LogP contribution in [0.4, 0.5) is 0 Å². The van der Waals surface area contributed by atoms with E-state index in [1.807, 2.05) is 0 Å². The van der Waals surface area contributed by atoms with E-state index in [-0.39, 0.29) is 0 Å². The normalized spacial score (nSPS) is 20.3. The summed E-state index contributed by atoms with van der Waals surface area (Å²) in [6, 6.07) is 0. The predicted molar refractivity (Wildman–Crippen MR) is 58.8 cm³/mol. The van der Waals surface area contributed by atoms with Crippen molar-refractivity contribution in [3.63, 3.8) is 0 Å². The molecule has 13 heavy (non-hydrogen) atoms. The third-order valence-corrected chi connectivity index (χ3v) is 2.94. The van der Waals surface area contributed by atoms with E-state index in [9.17, 15) is 0 Å². The van der Waals surface area contributed by atoms with Crippen molar-refractivity contribution in [1.29, 1.82) is 0 Å². The SMILES string of the molecule is CC(CNCCC(C)(C)C)C1CC1. The maximum atomic E-state index is 3.56. The minimum atomic E-state index is 0.482. The van der Waals surface area contributed by atoms with E-state index >= 15 is 0 Å². The van der Waals surface area contributed by atoms with Crippen molar-refractivity contribution < 1.29 is 0 Å². The number of hydrogen-bond acceptors (Lipinski definition) is 1. The van der Waals surface area contributed by atoms with Crippen LogP contribution in [-0.2, 0) is 0 Å². The molecule has 1 aliphatic rings. The van der Waals surface area contributed by atoms with Crippen molar-refractivity contribution in [2.45, 2.75) is 47.0 Å². The van der Waals surface area contributed by atoms with Gasteiger partial charge in [0.2, 0.25) is 0 Å². The summed E-state index contributed by atoms with van der Waals surface area (Å²) in [7, 11) is 0. The molecule has 0 spiro atoms. The largest absolute Gasteiger partial charge is 0.316 e. The van der Waals surface area contributed by atoms with Crippen molar-refractivity contribution >= 4 is 0 Å². The van der Waals surface area contributed by atoms with Gasteiger partial charge in [0.1, 0.15) is 0 Å². The van der Waals surface area contributed by atoms with Crippen LogP contribution in [0.1, 0.15) is 47.0 Å². The zero-order valence-corrected chi connectivity index (χ0v) is 9.69. The average Bonchev–Trinajstić information content (AvgIpc) is 2.77. The molecule has 0 aromatic carbocycles. The van der Waals surface area contributed by atoms with Gasteiger partial charge in [-0.1, -0.05) is 27.7 Å². The standard InChI is InChI=1S/C12H25N/c1-10(11-5-6-11)9-13-8-7-12(2,3)4/h10-11,13H,5-9H2,1-4H3. The van der Waals surface area contributed by atoms with Gasteiger partial charge in [-0.25, -0.2) is 0 Å². The fraction of sp³-hybridized carbons (Fsp3) is 1.00. The van der Waals surface area contributed by atoms with Crippen LogP contribution in [0.5, 0.6) is 0 Å². The summed E-state index contributed by atoms with van der Waals surface area (Å²) in [6.07, 6.45) is 4.23. The number of hydrogen-bond donors (Lipinski definition) is 1. The molecule has 0 bridgehead atoms. The molecule has 0 saturated heterocycles. The molecule has 1 unspecified atom stereocenters. The van der Waals surface area contributed by atoms with Crippen LogP contribution in [-0.4, -0.2) is 13.1 Å². The van der Waals surface area contributed by atoms with E-state index in [0.29, 0.717) is 5.41 Å². The zero-order valence-electron chi connectivity index (χ0n) is 9.69. The molecule has 1 rings (SSSR count). The van der Waals surface area contributed by atoms with E-state index in [0.717, 1.165) is 11.8 Å². The lowest BCUT2D eigenvalue weighted by Gasteiger charge is -2.19. The van der Waals surface area contributed by atoms with Crippen LogP contribution in [0.2, 0.25) is 0 Å². The lowest BCUT2D eigenvalue weighted by atomic mass is 9.92. The quantitative estimate of drug-likeness (QED) is 0.646. The Hall–Kier alpha value is -0.0400. The Morgan fingerprint density at radius 1 is 1.31 bits per heavy atom. The lowest BCUT2D eigenvalue weighted by molar-refractivity contribution is 0.355. The highest BCUT2D eigenvalue weighted by Crippen LogP contribution is 2.36. The van der Waals surface area contributed by atoms with Gasteiger partial charge in [-0.2, -0.15) is 0 Å². The van der Waals surface area contributed by atoms with Gasteiger partial charge < -0.3 is 5.32 Å². The van der Waals surface area contributed by atoms with Gasteiger partial charge in [0.15, 0.2) is 0 Å². The molecule has 1 heteroatoms. The Labute approximate surface area is 83.3 Å². The summed E-state index contributed by atoms with van der Waals surface area (Å²) < 4.78 is 0. The molecule has 1 saturated carbocycles. The summed E-state index contributed by atoms with van der Waals surface area (Å²) in [4.78, 5) is 0. The second kappa shape index (κ2) is 4.45. The Kier molecular flexibility index (Phi) is 3.78. The van der Waals surface area contributed by atoms with Crippen LogP contribution in [0.3, 0.4) is 0 Å². The average molecular weight is 183 g/mol. The molecule has 1 fully saturated rings. The summed E-state index contributed by atoms with van der Waals surface area (Å²) in [6.45, 7) is 11.7. The molecule has 0 heterocycles. The van der Waals surface area contributed by atoms with E-state index in [1.165, 1.54) is 32.4 Å². The monoisotopic (exact) mass is 183 g/mol. The van der Waals surface area contributed by atoms with Gasteiger partial charge in [-0.3, -0.25) is 0 Å². The molecule has 1 nitrogen and oxygen atoms in total. The minimum Gasteiger partial charge on any atom is -0.316 e.